The number of nitrogens with zero attached hydrogens (tertiary/aromatic N) is 2. The molecule has 2 saturated heterocycles. The third kappa shape index (κ3) is 5.58. The van der Waals surface area contributed by atoms with Gasteiger partial charge in [0.05, 0.1) is 39.0 Å². The first-order valence-electron chi connectivity index (χ1n) is 17.4. The van der Waals surface area contributed by atoms with Crippen LogP contribution in [-0.2, 0) is 14.3 Å². The molecule has 0 bridgehead atoms. The zero-order valence-corrected chi connectivity index (χ0v) is 28.4. The van der Waals surface area contributed by atoms with Crippen LogP contribution in [0, 0.1) is 34.5 Å². The number of quaternary nitrogens is 1. The molecule has 0 radical (unpaired) electrons. The summed E-state index contributed by atoms with van der Waals surface area (Å²) < 4.78 is 13.4. The van der Waals surface area contributed by atoms with Gasteiger partial charge in [-0.3, -0.25) is 9.69 Å². The van der Waals surface area contributed by atoms with Crippen molar-refractivity contribution in [2.24, 2.45) is 34.5 Å². The fraction of sp³-hybridized carbons (Fsp3) is 0.914. The van der Waals surface area contributed by atoms with Crippen molar-refractivity contribution in [3.63, 3.8) is 0 Å². The summed E-state index contributed by atoms with van der Waals surface area (Å²) in [7, 11) is 0. The summed E-state index contributed by atoms with van der Waals surface area (Å²) in [5.41, 5.74) is 0.331. The lowest BCUT2D eigenvalue weighted by atomic mass is 9.44. The molecule has 5 unspecified atom stereocenters. The molecule has 6 nitrogen and oxygen atoms in total. The minimum Gasteiger partial charge on any atom is -1.00 e. The number of likely N-dealkylation sites (tertiary alicyclic amines) is 1. The maximum absolute atomic E-state index is 13.2. The quantitative estimate of drug-likeness (QED) is 0.261. The Kier molecular flexibility index (Phi) is 10.3. The molecule has 10 atom stereocenters. The number of morpholine rings is 1. The molecule has 4 aliphatic carbocycles. The van der Waals surface area contributed by atoms with Gasteiger partial charge in [-0.1, -0.05) is 27.4 Å². The van der Waals surface area contributed by atoms with Crippen molar-refractivity contribution in [1.29, 1.82) is 0 Å². The topological polar surface area (TPSA) is 59.0 Å². The first-order valence-corrected chi connectivity index (χ1v) is 17.4. The maximum atomic E-state index is 13.2. The van der Waals surface area contributed by atoms with Crippen LogP contribution in [0.25, 0.3) is 0 Å². The van der Waals surface area contributed by atoms with Crippen LogP contribution in [0.2, 0.25) is 0 Å². The van der Waals surface area contributed by atoms with Gasteiger partial charge in [0.2, 0.25) is 0 Å². The number of ether oxygens (including phenoxy) is 2. The van der Waals surface area contributed by atoms with E-state index in [-0.39, 0.29) is 52.0 Å². The SMILES string of the molecule is C=CC[N+]1(C2C[C@H]3[C@@H]4CCC5CC(O)C(N6CCOCC6)C[C@]5(C)[C@@H]4CC[C@]3(C)C2OC(=O)CCC)CCCCC1.[Br-]. The lowest BCUT2D eigenvalue weighted by Crippen LogP contribution is -3.00. The number of halogens is 1. The highest BCUT2D eigenvalue weighted by atomic mass is 79.9. The van der Waals surface area contributed by atoms with Gasteiger partial charge in [0, 0.05) is 37.4 Å². The Morgan fingerprint density at radius 3 is 2.50 bits per heavy atom. The molecule has 240 valence electrons. The smallest absolute Gasteiger partial charge is 0.306 e. The highest BCUT2D eigenvalue weighted by Gasteiger charge is 2.67. The summed E-state index contributed by atoms with van der Waals surface area (Å²) in [5.74, 6) is 2.65. The van der Waals surface area contributed by atoms with E-state index in [2.05, 4.69) is 38.3 Å². The fourth-order valence-corrected chi connectivity index (χ4v) is 11.7. The Bertz CT molecular complexity index is 951. The third-order valence-corrected chi connectivity index (χ3v) is 13.7. The summed E-state index contributed by atoms with van der Waals surface area (Å²) in [6, 6.07) is 0.656. The van der Waals surface area contributed by atoms with Crippen molar-refractivity contribution in [3.8, 4) is 0 Å². The molecule has 6 rings (SSSR count). The number of hydrogen-bond acceptors (Lipinski definition) is 5. The van der Waals surface area contributed by atoms with Crippen LogP contribution < -0.4 is 17.0 Å². The van der Waals surface area contributed by atoms with E-state index >= 15 is 0 Å². The molecule has 6 aliphatic rings. The molecule has 0 aromatic rings. The van der Waals surface area contributed by atoms with Crippen molar-refractivity contribution in [2.45, 2.75) is 122 Å². The minimum atomic E-state index is -0.211. The Balaban J connectivity index is 0.00000353. The molecule has 6 fully saturated rings. The molecule has 2 aliphatic heterocycles. The van der Waals surface area contributed by atoms with E-state index in [1.165, 1.54) is 64.5 Å². The molecular formula is C35H59BrN2O4. The molecule has 42 heavy (non-hydrogen) atoms. The molecule has 7 heteroatoms. The monoisotopic (exact) mass is 650 g/mol. The second-order valence-electron chi connectivity index (χ2n) is 15.6. The van der Waals surface area contributed by atoms with Crippen LogP contribution in [-0.4, -0.2) is 90.7 Å². The van der Waals surface area contributed by atoms with Crippen LogP contribution >= 0.6 is 0 Å². The molecule has 0 amide bonds. The van der Waals surface area contributed by atoms with Gasteiger partial charge in [0.15, 0.2) is 6.10 Å². The van der Waals surface area contributed by atoms with Crippen molar-refractivity contribution >= 4 is 5.97 Å². The van der Waals surface area contributed by atoms with E-state index < -0.39 is 0 Å². The van der Waals surface area contributed by atoms with Crippen LogP contribution in [0.15, 0.2) is 12.7 Å². The summed E-state index contributed by atoms with van der Waals surface area (Å²) in [5, 5.41) is 11.3. The van der Waals surface area contributed by atoms with Crippen molar-refractivity contribution in [1.82, 2.24) is 4.90 Å². The summed E-state index contributed by atoms with van der Waals surface area (Å²) in [6.07, 6.45) is 15.4. The molecular weight excluding hydrogens is 592 g/mol. The van der Waals surface area contributed by atoms with Gasteiger partial charge in [-0.15, -0.1) is 0 Å². The molecule has 2 heterocycles. The van der Waals surface area contributed by atoms with Crippen LogP contribution in [0.4, 0.5) is 0 Å². The van der Waals surface area contributed by atoms with Gasteiger partial charge < -0.3 is 36.0 Å². The second kappa shape index (κ2) is 13.1. The Hall–Kier alpha value is -0.470. The number of hydrogen-bond donors (Lipinski definition) is 1. The summed E-state index contributed by atoms with van der Waals surface area (Å²) in [4.78, 5) is 15.7. The molecule has 0 aromatic heterocycles. The lowest BCUT2D eigenvalue weighted by molar-refractivity contribution is -0.952. The normalized spacial score (nSPS) is 45.0. The molecule has 0 spiro atoms. The lowest BCUT2D eigenvalue weighted by Gasteiger charge is -2.62. The van der Waals surface area contributed by atoms with E-state index in [1.54, 1.807) is 0 Å². The van der Waals surface area contributed by atoms with Gasteiger partial charge in [0.1, 0.15) is 6.04 Å². The average molecular weight is 652 g/mol. The zero-order chi connectivity index (χ0) is 28.8. The third-order valence-electron chi connectivity index (χ3n) is 13.7. The van der Waals surface area contributed by atoms with Crippen molar-refractivity contribution < 1.29 is 40.8 Å². The van der Waals surface area contributed by atoms with E-state index in [0.29, 0.717) is 36.1 Å². The highest BCUT2D eigenvalue weighted by molar-refractivity contribution is 5.69. The predicted molar refractivity (Wildman–Crippen MR) is 162 cm³/mol. The van der Waals surface area contributed by atoms with Crippen LogP contribution in [0.3, 0.4) is 0 Å². The summed E-state index contributed by atoms with van der Waals surface area (Å²) >= 11 is 0. The number of esters is 1. The van der Waals surface area contributed by atoms with Crippen LogP contribution in [0.1, 0.15) is 97.8 Å². The number of carbonyl (C=O) groups excluding carboxylic acids is 1. The average Bonchev–Trinajstić information content (AvgIpc) is 3.27. The standard InChI is InChI=1S/C35H59N2O4.BrH/c1-5-10-32(39)41-33-30(37(17-6-2)18-8-7-9-19-37)23-28-26-12-11-25-22-31(38)29(36-15-20-40-21-16-36)24-35(25,4)27(26)13-14-34(28,33)3;/h6,25-31,33,38H,2,5,7-24H2,1,3-4H3;1H/q+1;/p-1/t25?,26-,27-,28+,29?,30?,31?,33?,34+,35+;/m1./s1. The number of aliphatic hydroxyl groups excluding tert-OH is 1. The van der Waals surface area contributed by atoms with Crippen molar-refractivity contribution in [3.05, 3.63) is 12.7 Å². The van der Waals surface area contributed by atoms with Crippen LogP contribution in [0.5, 0.6) is 0 Å². The number of fused-ring (bicyclic) bond motifs is 5. The highest BCUT2D eigenvalue weighted by Crippen LogP contribution is 2.67. The van der Waals surface area contributed by atoms with E-state index in [1.807, 2.05) is 0 Å². The first kappa shape index (κ1) is 32.9. The largest absolute Gasteiger partial charge is 1.00 e. The van der Waals surface area contributed by atoms with Crippen molar-refractivity contribution in [2.75, 3.05) is 45.9 Å². The number of carbonyl (C=O) groups is 1. The second-order valence-corrected chi connectivity index (χ2v) is 15.6. The molecule has 4 saturated carbocycles. The predicted octanol–water partition coefficient (Wildman–Crippen LogP) is 2.58. The minimum absolute atomic E-state index is 0. The van der Waals surface area contributed by atoms with Gasteiger partial charge in [-0.05, 0) is 99.4 Å². The van der Waals surface area contributed by atoms with E-state index in [9.17, 15) is 9.90 Å². The summed E-state index contributed by atoms with van der Waals surface area (Å²) in [6.45, 7) is 18.3. The zero-order valence-electron chi connectivity index (χ0n) is 26.8. The maximum Gasteiger partial charge on any atom is 0.306 e. The number of rotatable bonds is 7. The Labute approximate surface area is 266 Å². The van der Waals surface area contributed by atoms with Gasteiger partial charge in [0.25, 0.3) is 0 Å². The first-order chi connectivity index (χ1) is 19.8. The van der Waals surface area contributed by atoms with E-state index in [0.717, 1.165) is 56.6 Å². The Morgan fingerprint density at radius 2 is 1.81 bits per heavy atom. The van der Waals surface area contributed by atoms with Gasteiger partial charge in [-0.25, -0.2) is 0 Å². The molecule has 1 N–H and O–H groups in total. The molecule has 0 aromatic carbocycles. The number of piperidine rings is 1. The van der Waals surface area contributed by atoms with Gasteiger partial charge >= 0.3 is 5.97 Å². The van der Waals surface area contributed by atoms with E-state index in [4.69, 9.17) is 9.47 Å². The number of aliphatic hydroxyl groups is 1. The van der Waals surface area contributed by atoms with Gasteiger partial charge in [-0.2, -0.15) is 0 Å². The fourth-order valence-electron chi connectivity index (χ4n) is 11.7. The Morgan fingerprint density at radius 1 is 1.07 bits per heavy atom.